The van der Waals surface area contributed by atoms with Gasteiger partial charge in [-0.3, -0.25) is 4.79 Å². The molecule has 0 saturated heterocycles. The number of ether oxygens (including phenoxy) is 4. The van der Waals surface area contributed by atoms with Gasteiger partial charge in [-0.15, -0.1) is 0 Å². The number of carbonyl (C=O) groups excluding carboxylic acids is 1. The zero-order chi connectivity index (χ0) is 17.7. The van der Waals surface area contributed by atoms with Crippen molar-refractivity contribution in [2.45, 2.75) is 18.8 Å². The third kappa shape index (κ3) is 2.36. The van der Waals surface area contributed by atoms with Crippen molar-refractivity contribution in [2.24, 2.45) is 0 Å². The summed E-state index contributed by atoms with van der Waals surface area (Å²) in [6.45, 7) is 1.14. The number of likely N-dealkylation sites (N-methyl/N-ethyl adjacent to an activating group) is 1. The van der Waals surface area contributed by atoms with Crippen molar-refractivity contribution in [2.75, 3.05) is 27.2 Å². The molecule has 1 unspecified atom stereocenters. The van der Waals surface area contributed by atoms with E-state index in [1.807, 2.05) is 37.4 Å². The number of para-hydroxylation sites is 1. The first-order valence-electron chi connectivity index (χ1n) is 8.75. The summed E-state index contributed by atoms with van der Waals surface area (Å²) in [6.07, 6.45) is 1.36. The molecule has 26 heavy (non-hydrogen) atoms. The van der Waals surface area contributed by atoms with E-state index in [0.29, 0.717) is 18.7 Å². The number of fused-ring (bicyclic) bond motifs is 3. The maximum Gasteiger partial charge on any atom is 0.231 e. The third-order valence-electron chi connectivity index (χ3n) is 5.30. The Bertz CT molecular complexity index is 894. The van der Waals surface area contributed by atoms with Gasteiger partial charge in [0, 0.05) is 13.6 Å². The van der Waals surface area contributed by atoms with Crippen LogP contribution in [0.25, 0.3) is 0 Å². The molecule has 6 nitrogen and oxygen atoms in total. The van der Waals surface area contributed by atoms with Gasteiger partial charge in [-0.05, 0) is 47.7 Å². The monoisotopic (exact) mass is 353 g/mol. The van der Waals surface area contributed by atoms with Gasteiger partial charge in [0.2, 0.25) is 19.5 Å². The second-order valence-corrected chi connectivity index (χ2v) is 6.82. The number of nitrogens with zero attached hydrogens (tertiary/aromatic N) is 1. The molecule has 0 aromatic heterocycles. The molecular formula is C20H19NO5. The Morgan fingerprint density at radius 3 is 2.69 bits per heavy atom. The summed E-state index contributed by atoms with van der Waals surface area (Å²) in [7, 11) is 1.86. The van der Waals surface area contributed by atoms with E-state index in [4.69, 9.17) is 18.9 Å². The third-order valence-corrected chi connectivity index (χ3v) is 5.30. The van der Waals surface area contributed by atoms with E-state index < -0.39 is 0 Å². The van der Waals surface area contributed by atoms with Gasteiger partial charge in [0.15, 0.2) is 23.0 Å². The van der Waals surface area contributed by atoms with Crippen LogP contribution >= 0.6 is 0 Å². The lowest BCUT2D eigenvalue weighted by Gasteiger charge is -2.21. The molecule has 0 saturated carbocycles. The SMILES string of the molecule is CN1CCc2cc3c(cc2C(Cc2cccc4c2OCO4)C1=O)OCO3. The average Bonchev–Trinajstić information content (AvgIpc) is 3.29. The molecule has 0 N–H and O–H groups in total. The fourth-order valence-electron chi connectivity index (χ4n) is 3.91. The van der Waals surface area contributed by atoms with Crippen LogP contribution in [0.2, 0.25) is 0 Å². The van der Waals surface area contributed by atoms with E-state index in [1.54, 1.807) is 4.90 Å². The first kappa shape index (κ1) is 15.4. The van der Waals surface area contributed by atoms with E-state index in [1.165, 1.54) is 0 Å². The van der Waals surface area contributed by atoms with Crippen LogP contribution in [0.1, 0.15) is 22.6 Å². The van der Waals surface area contributed by atoms with Crippen molar-refractivity contribution in [3.05, 3.63) is 47.0 Å². The van der Waals surface area contributed by atoms with Gasteiger partial charge < -0.3 is 23.8 Å². The Kier molecular flexibility index (Phi) is 3.45. The number of benzene rings is 2. The number of hydrogen-bond donors (Lipinski definition) is 0. The summed E-state index contributed by atoms with van der Waals surface area (Å²) < 4.78 is 22.2. The van der Waals surface area contributed by atoms with Crippen molar-refractivity contribution >= 4 is 5.91 Å². The fourth-order valence-corrected chi connectivity index (χ4v) is 3.91. The van der Waals surface area contributed by atoms with Crippen molar-refractivity contribution in [3.63, 3.8) is 0 Å². The summed E-state index contributed by atoms with van der Waals surface area (Å²) in [5.41, 5.74) is 3.14. The van der Waals surface area contributed by atoms with Gasteiger partial charge >= 0.3 is 0 Å². The highest BCUT2D eigenvalue weighted by Crippen LogP contribution is 2.42. The van der Waals surface area contributed by atoms with Crippen LogP contribution in [0.5, 0.6) is 23.0 Å². The van der Waals surface area contributed by atoms with Crippen molar-refractivity contribution in [1.29, 1.82) is 0 Å². The molecule has 2 aromatic rings. The van der Waals surface area contributed by atoms with Crippen LogP contribution in [0, 0.1) is 0 Å². The smallest absolute Gasteiger partial charge is 0.231 e. The molecule has 3 aliphatic rings. The second kappa shape index (κ2) is 5.83. The second-order valence-electron chi connectivity index (χ2n) is 6.82. The Labute approximate surface area is 151 Å². The highest BCUT2D eigenvalue weighted by Gasteiger charge is 2.33. The zero-order valence-electron chi connectivity index (χ0n) is 14.5. The van der Waals surface area contributed by atoms with Crippen molar-refractivity contribution < 1.29 is 23.7 Å². The predicted molar refractivity (Wildman–Crippen MR) is 92.9 cm³/mol. The lowest BCUT2D eigenvalue weighted by Crippen LogP contribution is -2.31. The van der Waals surface area contributed by atoms with E-state index >= 15 is 0 Å². The Hall–Kier alpha value is -2.89. The Balaban J connectivity index is 1.58. The minimum atomic E-state index is -0.289. The van der Waals surface area contributed by atoms with Gasteiger partial charge in [-0.2, -0.15) is 0 Å². The molecule has 2 aromatic carbocycles. The first-order valence-corrected chi connectivity index (χ1v) is 8.75. The van der Waals surface area contributed by atoms with Gasteiger partial charge in [0.25, 0.3) is 0 Å². The molecular weight excluding hydrogens is 334 g/mol. The van der Waals surface area contributed by atoms with Crippen molar-refractivity contribution in [1.82, 2.24) is 4.90 Å². The fraction of sp³-hybridized carbons (Fsp3) is 0.350. The van der Waals surface area contributed by atoms with Crippen LogP contribution in [0.15, 0.2) is 30.3 Å². The van der Waals surface area contributed by atoms with Gasteiger partial charge in [-0.25, -0.2) is 0 Å². The molecule has 0 bridgehead atoms. The molecule has 0 fully saturated rings. The minimum absolute atomic E-state index is 0.110. The molecule has 0 radical (unpaired) electrons. The van der Waals surface area contributed by atoms with Crippen molar-refractivity contribution in [3.8, 4) is 23.0 Å². The van der Waals surface area contributed by atoms with Crippen LogP contribution in [-0.2, 0) is 17.6 Å². The first-order chi connectivity index (χ1) is 12.7. The van der Waals surface area contributed by atoms with Gasteiger partial charge in [0.05, 0.1) is 5.92 Å². The Morgan fingerprint density at radius 2 is 1.81 bits per heavy atom. The number of hydrogen-bond acceptors (Lipinski definition) is 5. The minimum Gasteiger partial charge on any atom is -0.454 e. The van der Waals surface area contributed by atoms with Crippen LogP contribution in [0.4, 0.5) is 0 Å². The molecule has 3 heterocycles. The largest absolute Gasteiger partial charge is 0.454 e. The van der Waals surface area contributed by atoms with E-state index in [9.17, 15) is 4.79 Å². The highest BCUT2D eigenvalue weighted by molar-refractivity contribution is 5.85. The lowest BCUT2D eigenvalue weighted by molar-refractivity contribution is -0.131. The quantitative estimate of drug-likeness (QED) is 0.830. The summed E-state index contributed by atoms with van der Waals surface area (Å²) in [5, 5.41) is 0. The zero-order valence-corrected chi connectivity index (χ0v) is 14.5. The van der Waals surface area contributed by atoms with Crippen LogP contribution < -0.4 is 18.9 Å². The van der Waals surface area contributed by atoms with E-state index in [-0.39, 0.29) is 25.4 Å². The van der Waals surface area contributed by atoms with E-state index in [0.717, 1.165) is 40.4 Å². The molecule has 3 aliphatic heterocycles. The molecule has 6 heteroatoms. The average molecular weight is 353 g/mol. The van der Waals surface area contributed by atoms with Gasteiger partial charge in [0.1, 0.15) is 0 Å². The van der Waals surface area contributed by atoms with Crippen LogP contribution in [0.3, 0.4) is 0 Å². The Morgan fingerprint density at radius 1 is 1.04 bits per heavy atom. The topological polar surface area (TPSA) is 57.2 Å². The maximum atomic E-state index is 13.1. The predicted octanol–water partition coefficient (Wildman–Crippen LogP) is 2.48. The van der Waals surface area contributed by atoms with Crippen LogP contribution in [-0.4, -0.2) is 38.0 Å². The van der Waals surface area contributed by atoms with E-state index in [2.05, 4.69) is 0 Å². The maximum absolute atomic E-state index is 13.1. The standard InChI is InChI=1S/C20H19NO5/c1-21-6-5-12-8-17-18(25-10-24-17)9-14(12)15(20(21)22)7-13-3-2-4-16-19(13)26-11-23-16/h2-4,8-9,15H,5-7,10-11H2,1H3. The summed E-state index contributed by atoms with van der Waals surface area (Å²) in [4.78, 5) is 14.9. The number of amides is 1. The lowest BCUT2D eigenvalue weighted by atomic mass is 9.87. The number of carbonyl (C=O) groups is 1. The number of rotatable bonds is 2. The summed E-state index contributed by atoms with van der Waals surface area (Å²) in [5.74, 6) is 2.78. The van der Waals surface area contributed by atoms with Gasteiger partial charge in [-0.1, -0.05) is 12.1 Å². The molecule has 134 valence electrons. The molecule has 5 rings (SSSR count). The molecule has 0 spiro atoms. The molecule has 0 aliphatic carbocycles. The highest BCUT2D eigenvalue weighted by atomic mass is 16.7. The summed E-state index contributed by atoms with van der Waals surface area (Å²) >= 11 is 0. The summed E-state index contributed by atoms with van der Waals surface area (Å²) in [6, 6.07) is 9.82. The molecule has 1 amide bonds. The normalized spacial score (nSPS) is 20.1. The molecule has 1 atom stereocenters.